The van der Waals surface area contributed by atoms with Crippen molar-refractivity contribution < 1.29 is 27.9 Å². The van der Waals surface area contributed by atoms with Gasteiger partial charge in [-0.15, -0.1) is 0 Å². The molecule has 0 atom stereocenters. The van der Waals surface area contributed by atoms with Gasteiger partial charge < -0.3 is 10.4 Å². The minimum absolute atomic E-state index is 0.0487. The first-order chi connectivity index (χ1) is 13.3. The second kappa shape index (κ2) is 8.44. The van der Waals surface area contributed by atoms with Crippen molar-refractivity contribution in [2.45, 2.75) is 12.8 Å². The molecule has 10 heteroatoms. The average Bonchev–Trinajstić information content (AvgIpc) is 3.44. The van der Waals surface area contributed by atoms with Gasteiger partial charge in [0, 0.05) is 8.99 Å². The number of nitrogens with one attached hydrogen (secondary N) is 2. The first-order valence-electron chi connectivity index (χ1n) is 8.19. The summed E-state index contributed by atoms with van der Waals surface area (Å²) in [6.07, 6.45) is 1.49. The van der Waals surface area contributed by atoms with E-state index in [9.17, 15) is 23.1 Å². The van der Waals surface area contributed by atoms with Crippen molar-refractivity contribution in [2.75, 3.05) is 18.5 Å². The number of aliphatic hydroxyl groups excluding tert-OH is 1. The number of benzene rings is 2. The second-order valence-corrected chi connectivity index (χ2v) is 8.19. The molecule has 0 heterocycles. The van der Waals surface area contributed by atoms with Crippen LogP contribution in [0.2, 0.25) is 5.02 Å². The third-order valence-electron chi connectivity index (χ3n) is 4.43. The number of rotatable bonds is 7. The molecule has 0 aliphatic heterocycles. The molecule has 150 valence electrons. The molecule has 1 aliphatic carbocycles. The van der Waals surface area contributed by atoms with Crippen LogP contribution in [0.3, 0.4) is 0 Å². The lowest BCUT2D eigenvalue weighted by Crippen LogP contribution is -2.29. The summed E-state index contributed by atoms with van der Waals surface area (Å²) in [6.45, 7) is -0.0477. The summed E-state index contributed by atoms with van der Waals surface area (Å²) in [5.41, 5.74) is 0.803. The number of aliphatic hydroxyl groups is 1. The summed E-state index contributed by atoms with van der Waals surface area (Å²) in [4.78, 5) is 17.4. The third-order valence-corrected chi connectivity index (χ3v) is 5.42. The SMILES string of the molecule is O=C(NOCC1(CO)CC1)c1cc(F)c(F)c(F)c1Nc1ccc(I)cc1Cl. The number of carbonyl (C=O) groups excluding carboxylic acids is 1. The minimum atomic E-state index is -1.72. The van der Waals surface area contributed by atoms with Crippen LogP contribution in [-0.4, -0.2) is 24.2 Å². The second-order valence-electron chi connectivity index (χ2n) is 6.54. The van der Waals surface area contributed by atoms with Crippen molar-refractivity contribution in [3.63, 3.8) is 0 Å². The van der Waals surface area contributed by atoms with Gasteiger partial charge in [0.1, 0.15) is 0 Å². The number of anilines is 2. The zero-order valence-electron chi connectivity index (χ0n) is 14.3. The van der Waals surface area contributed by atoms with Crippen LogP contribution in [0.4, 0.5) is 24.5 Å². The van der Waals surface area contributed by atoms with Gasteiger partial charge in [0.15, 0.2) is 17.5 Å². The Labute approximate surface area is 177 Å². The first-order valence-corrected chi connectivity index (χ1v) is 9.64. The van der Waals surface area contributed by atoms with E-state index >= 15 is 0 Å². The highest BCUT2D eigenvalue weighted by Gasteiger charge is 2.42. The molecule has 0 saturated heterocycles. The number of amides is 1. The van der Waals surface area contributed by atoms with Gasteiger partial charge in [0.05, 0.1) is 35.2 Å². The van der Waals surface area contributed by atoms with Crippen LogP contribution < -0.4 is 10.8 Å². The molecule has 28 heavy (non-hydrogen) atoms. The van der Waals surface area contributed by atoms with E-state index in [0.717, 1.165) is 16.4 Å². The minimum Gasteiger partial charge on any atom is -0.396 e. The monoisotopic (exact) mass is 526 g/mol. The highest BCUT2D eigenvalue weighted by Crippen LogP contribution is 2.45. The van der Waals surface area contributed by atoms with Gasteiger partial charge in [0.2, 0.25) is 0 Å². The predicted molar refractivity (Wildman–Crippen MR) is 106 cm³/mol. The quantitative estimate of drug-likeness (QED) is 0.282. The molecule has 5 nitrogen and oxygen atoms in total. The Morgan fingerprint density at radius 3 is 2.57 bits per heavy atom. The first kappa shape index (κ1) is 21.2. The fraction of sp³-hybridized carbons (Fsp3) is 0.278. The van der Waals surface area contributed by atoms with Gasteiger partial charge in [-0.05, 0) is 59.7 Å². The highest BCUT2D eigenvalue weighted by molar-refractivity contribution is 14.1. The molecule has 1 saturated carbocycles. The Kier molecular flexibility index (Phi) is 6.37. The fourth-order valence-corrected chi connectivity index (χ4v) is 3.36. The highest BCUT2D eigenvalue weighted by atomic mass is 127. The van der Waals surface area contributed by atoms with E-state index in [1.54, 1.807) is 12.1 Å². The van der Waals surface area contributed by atoms with Crippen LogP contribution >= 0.6 is 34.2 Å². The fourth-order valence-electron chi connectivity index (χ4n) is 2.46. The summed E-state index contributed by atoms with van der Waals surface area (Å²) in [7, 11) is 0. The molecular formula is C18H15ClF3IN2O3. The van der Waals surface area contributed by atoms with Crippen LogP contribution in [0.15, 0.2) is 24.3 Å². The molecule has 0 radical (unpaired) electrons. The molecule has 2 aromatic carbocycles. The Balaban J connectivity index is 1.86. The molecule has 2 aromatic rings. The van der Waals surface area contributed by atoms with Gasteiger partial charge in [-0.1, -0.05) is 11.6 Å². The molecule has 3 N–H and O–H groups in total. The Hall–Kier alpha value is -1.56. The van der Waals surface area contributed by atoms with Crippen molar-refractivity contribution in [2.24, 2.45) is 5.41 Å². The van der Waals surface area contributed by atoms with Gasteiger partial charge in [-0.2, -0.15) is 0 Å². The van der Waals surface area contributed by atoms with Crippen LogP contribution in [0.5, 0.6) is 0 Å². The van der Waals surface area contributed by atoms with Crippen molar-refractivity contribution in [3.05, 3.63) is 55.9 Å². The molecule has 0 aromatic heterocycles. The van der Waals surface area contributed by atoms with Crippen LogP contribution in [0, 0.1) is 26.4 Å². The number of hydrogen-bond donors (Lipinski definition) is 3. The number of carbonyl (C=O) groups is 1. The molecule has 0 unspecified atom stereocenters. The zero-order chi connectivity index (χ0) is 20.5. The van der Waals surface area contributed by atoms with Crippen LogP contribution in [0.25, 0.3) is 0 Å². The summed E-state index contributed by atoms with van der Waals surface area (Å²) in [5.74, 6) is -5.78. The third kappa shape index (κ3) is 4.53. The standard InChI is InChI=1S/C18H15ClF3IN2O3/c19-11-5-9(23)1-2-13(11)24-16-10(6-12(20)14(21)15(16)22)17(27)25-28-8-18(7-26)3-4-18/h1-2,5-6,24,26H,3-4,7-8H2,(H,25,27). The van der Waals surface area contributed by atoms with Crippen LogP contribution in [0.1, 0.15) is 23.2 Å². The molecule has 0 bridgehead atoms. The molecule has 3 rings (SSSR count). The lowest BCUT2D eigenvalue weighted by molar-refractivity contribution is -0.0000633. The number of hydrogen-bond acceptors (Lipinski definition) is 4. The molecule has 1 amide bonds. The van der Waals surface area contributed by atoms with E-state index in [0.29, 0.717) is 6.07 Å². The smallest absolute Gasteiger partial charge is 0.277 e. The van der Waals surface area contributed by atoms with Gasteiger partial charge in [0.25, 0.3) is 5.91 Å². The summed E-state index contributed by atoms with van der Waals surface area (Å²) >= 11 is 8.11. The molecular weight excluding hydrogens is 512 g/mol. The number of hydroxylamine groups is 1. The van der Waals surface area contributed by atoms with Gasteiger partial charge >= 0.3 is 0 Å². The van der Waals surface area contributed by atoms with Crippen LogP contribution in [-0.2, 0) is 4.84 Å². The maximum atomic E-state index is 14.4. The Morgan fingerprint density at radius 2 is 1.96 bits per heavy atom. The Morgan fingerprint density at radius 1 is 1.25 bits per heavy atom. The topological polar surface area (TPSA) is 70.6 Å². The van der Waals surface area contributed by atoms with Crippen molar-refractivity contribution >= 4 is 51.5 Å². The predicted octanol–water partition coefficient (Wildman–Crippen LogP) is 4.54. The largest absolute Gasteiger partial charge is 0.396 e. The van der Waals surface area contributed by atoms with Gasteiger partial charge in [-0.3, -0.25) is 9.63 Å². The van der Waals surface area contributed by atoms with E-state index in [4.69, 9.17) is 16.4 Å². The van der Waals surface area contributed by atoms with Crippen molar-refractivity contribution in [1.82, 2.24) is 5.48 Å². The summed E-state index contributed by atoms with van der Waals surface area (Å²) < 4.78 is 42.6. The van der Waals surface area contributed by atoms with E-state index in [1.165, 1.54) is 6.07 Å². The van der Waals surface area contributed by atoms with Gasteiger partial charge in [-0.25, -0.2) is 18.7 Å². The van der Waals surface area contributed by atoms with E-state index in [1.807, 2.05) is 22.6 Å². The molecule has 0 spiro atoms. The molecule has 1 fully saturated rings. The van der Waals surface area contributed by atoms with Crippen molar-refractivity contribution in [3.8, 4) is 0 Å². The Bertz CT molecular complexity index is 925. The number of halogens is 5. The summed E-state index contributed by atoms with van der Waals surface area (Å²) in [6, 6.07) is 5.33. The summed E-state index contributed by atoms with van der Waals surface area (Å²) in [5, 5.41) is 12.0. The van der Waals surface area contributed by atoms with E-state index in [2.05, 4.69) is 10.8 Å². The zero-order valence-corrected chi connectivity index (χ0v) is 17.2. The lowest BCUT2D eigenvalue weighted by Gasteiger charge is -2.16. The van der Waals surface area contributed by atoms with E-state index in [-0.39, 0.29) is 23.9 Å². The average molecular weight is 527 g/mol. The van der Waals surface area contributed by atoms with Crippen molar-refractivity contribution in [1.29, 1.82) is 0 Å². The maximum absolute atomic E-state index is 14.4. The molecule has 1 aliphatic rings. The maximum Gasteiger partial charge on any atom is 0.277 e. The normalized spacial score (nSPS) is 14.6. The van der Waals surface area contributed by atoms with E-state index < -0.39 is 40.0 Å². The lowest BCUT2D eigenvalue weighted by atomic mass is 10.1.